The summed E-state index contributed by atoms with van der Waals surface area (Å²) in [6.45, 7) is 4.52. The van der Waals surface area contributed by atoms with E-state index in [-0.39, 0.29) is 11.9 Å². The van der Waals surface area contributed by atoms with Crippen molar-refractivity contribution in [1.29, 1.82) is 0 Å². The van der Waals surface area contributed by atoms with E-state index >= 15 is 0 Å². The molecule has 1 aromatic carbocycles. The van der Waals surface area contributed by atoms with Crippen molar-refractivity contribution in [2.24, 2.45) is 5.92 Å². The molecule has 2 rings (SSSR count). The van der Waals surface area contributed by atoms with Crippen LogP contribution >= 0.6 is 0 Å². The molecule has 1 aromatic rings. The van der Waals surface area contributed by atoms with Crippen LogP contribution in [0.4, 0.5) is 4.39 Å². The van der Waals surface area contributed by atoms with Gasteiger partial charge in [0.15, 0.2) is 0 Å². The highest BCUT2D eigenvalue weighted by atomic mass is 19.1. The Labute approximate surface area is 113 Å². The predicted octanol–water partition coefficient (Wildman–Crippen LogP) is 1.95. The number of hydrogen-bond acceptors (Lipinski definition) is 3. The highest BCUT2D eigenvalue weighted by Crippen LogP contribution is 2.22. The first-order chi connectivity index (χ1) is 9.06. The molecule has 1 saturated heterocycles. The summed E-state index contributed by atoms with van der Waals surface area (Å²) in [6.07, 6.45) is 0.848. The number of likely N-dealkylation sites (tertiary alicyclic amines) is 1. The average molecular weight is 267 g/mol. The minimum absolute atomic E-state index is 0.257. The number of nitrogens with zero attached hydrogens (tertiary/aromatic N) is 1. The second kappa shape index (κ2) is 6.46. The first kappa shape index (κ1) is 14.4. The van der Waals surface area contributed by atoms with E-state index in [2.05, 4.69) is 4.90 Å². The fraction of sp³-hybridized carbons (Fsp3) is 0.600. The third kappa shape index (κ3) is 4.00. The standard InChI is InChI=1S/C15H22FNO2/c1-11(18)13-6-8-17(10-13)9-7-15(19)12-2-4-14(16)5-3-12/h2-5,11,13,15,18-19H,6-10H2,1H3. The molecule has 0 radical (unpaired) electrons. The topological polar surface area (TPSA) is 43.7 Å². The van der Waals surface area contributed by atoms with Crippen LogP contribution < -0.4 is 0 Å². The lowest BCUT2D eigenvalue weighted by molar-refractivity contribution is 0.121. The number of hydrogen-bond donors (Lipinski definition) is 2. The summed E-state index contributed by atoms with van der Waals surface area (Å²) in [5.41, 5.74) is 0.757. The Morgan fingerprint density at radius 3 is 2.58 bits per heavy atom. The van der Waals surface area contributed by atoms with Crippen molar-refractivity contribution in [2.45, 2.75) is 32.0 Å². The van der Waals surface area contributed by atoms with Crippen LogP contribution in [0, 0.1) is 11.7 Å². The van der Waals surface area contributed by atoms with Crippen LogP contribution in [0.3, 0.4) is 0 Å². The number of rotatable bonds is 5. The molecule has 1 heterocycles. The molecule has 4 heteroatoms. The van der Waals surface area contributed by atoms with Crippen molar-refractivity contribution >= 4 is 0 Å². The fourth-order valence-electron chi connectivity index (χ4n) is 2.62. The van der Waals surface area contributed by atoms with Crippen molar-refractivity contribution in [1.82, 2.24) is 4.90 Å². The maximum absolute atomic E-state index is 12.8. The molecule has 3 nitrogen and oxygen atoms in total. The van der Waals surface area contributed by atoms with Gasteiger partial charge in [0.2, 0.25) is 0 Å². The zero-order valence-electron chi connectivity index (χ0n) is 11.3. The van der Waals surface area contributed by atoms with E-state index in [1.165, 1.54) is 12.1 Å². The Bertz CT molecular complexity index is 394. The summed E-state index contributed by atoms with van der Waals surface area (Å²) < 4.78 is 12.8. The second-order valence-corrected chi connectivity index (χ2v) is 5.45. The largest absolute Gasteiger partial charge is 0.393 e. The first-order valence-electron chi connectivity index (χ1n) is 6.90. The Balaban J connectivity index is 1.78. The number of aliphatic hydroxyl groups is 2. The summed E-state index contributed by atoms with van der Waals surface area (Å²) in [7, 11) is 0. The lowest BCUT2D eigenvalue weighted by atomic mass is 10.0. The molecule has 2 N–H and O–H groups in total. The zero-order chi connectivity index (χ0) is 13.8. The fourth-order valence-corrected chi connectivity index (χ4v) is 2.62. The van der Waals surface area contributed by atoms with Crippen LogP contribution in [0.5, 0.6) is 0 Å². The Morgan fingerprint density at radius 1 is 1.32 bits per heavy atom. The van der Waals surface area contributed by atoms with Gasteiger partial charge in [0.1, 0.15) is 5.82 Å². The highest BCUT2D eigenvalue weighted by molar-refractivity contribution is 5.18. The van der Waals surface area contributed by atoms with Gasteiger partial charge in [-0.15, -0.1) is 0 Å². The van der Waals surface area contributed by atoms with Crippen LogP contribution in [0.2, 0.25) is 0 Å². The molecule has 1 fully saturated rings. The van der Waals surface area contributed by atoms with E-state index in [9.17, 15) is 14.6 Å². The molecule has 3 unspecified atom stereocenters. The van der Waals surface area contributed by atoms with Gasteiger partial charge in [0.05, 0.1) is 12.2 Å². The van der Waals surface area contributed by atoms with Gasteiger partial charge in [-0.25, -0.2) is 4.39 Å². The number of benzene rings is 1. The third-order valence-electron chi connectivity index (χ3n) is 3.96. The summed E-state index contributed by atoms with van der Waals surface area (Å²) >= 11 is 0. The van der Waals surface area contributed by atoms with Gasteiger partial charge in [0, 0.05) is 13.1 Å². The summed E-state index contributed by atoms with van der Waals surface area (Å²) in [5, 5.41) is 19.6. The molecule has 1 aliphatic heterocycles. The monoisotopic (exact) mass is 267 g/mol. The molecular weight excluding hydrogens is 245 g/mol. The van der Waals surface area contributed by atoms with E-state index in [1.807, 2.05) is 6.92 Å². The van der Waals surface area contributed by atoms with E-state index in [0.29, 0.717) is 12.3 Å². The predicted molar refractivity (Wildman–Crippen MR) is 72.2 cm³/mol. The lowest BCUT2D eigenvalue weighted by Crippen LogP contribution is -2.26. The van der Waals surface area contributed by atoms with E-state index in [1.54, 1.807) is 12.1 Å². The molecule has 0 bridgehead atoms. The van der Waals surface area contributed by atoms with Gasteiger partial charge >= 0.3 is 0 Å². The van der Waals surface area contributed by atoms with Gasteiger partial charge in [0.25, 0.3) is 0 Å². The minimum atomic E-state index is -0.550. The Kier molecular flexibility index (Phi) is 4.91. The van der Waals surface area contributed by atoms with Gasteiger partial charge in [-0.2, -0.15) is 0 Å². The number of aliphatic hydroxyl groups excluding tert-OH is 2. The smallest absolute Gasteiger partial charge is 0.123 e. The lowest BCUT2D eigenvalue weighted by Gasteiger charge is -2.19. The first-order valence-corrected chi connectivity index (χ1v) is 6.90. The summed E-state index contributed by atoms with van der Waals surface area (Å²) in [4.78, 5) is 2.27. The molecule has 0 amide bonds. The summed E-state index contributed by atoms with van der Waals surface area (Å²) in [5.74, 6) is 0.0678. The highest BCUT2D eigenvalue weighted by Gasteiger charge is 2.25. The maximum atomic E-state index is 12.8. The Morgan fingerprint density at radius 2 is 2.00 bits per heavy atom. The molecule has 1 aliphatic rings. The maximum Gasteiger partial charge on any atom is 0.123 e. The molecule has 0 saturated carbocycles. The molecule has 106 valence electrons. The molecule has 19 heavy (non-hydrogen) atoms. The van der Waals surface area contributed by atoms with E-state index in [4.69, 9.17) is 0 Å². The van der Waals surface area contributed by atoms with Crippen LogP contribution in [0.1, 0.15) is 31.4 Å². The SMILES string of the molecule is CC(O)C1CCN(CCC(O)c2ccc(F)cc2)C1. The normalized spacial score (nSPS) is 23.5. The van der Waals surface area contributed by atoms with Gasteiger partial charge < -0.3 is 15.1 Å². The Hall–Kier alpha value is -0.970. The second-order valence-electron chi connectivity index (χ2n) is 5.45. The molecule has 0 aliphatic carbocycles. The molecule has 0 spiro atoms. The minimum Gasteiger partial charge on any atom is -0.393 e. The molecule has 0 aromatic heterocycles. The van der Waals surface area contributed by atoms with Crippen molar-refractivity contribution in [3.8, 4) is 0 Å². The van der Waals surface area contributed by atoms with Gasteiger partial charge in [-0.1, -0.05) is 12.1 Å². The van der Waals surface area contributed by atoms with Crippen molar-refractivity contribution in [2.75, 3.05) is 19.6 Å². The number of halogens is 1. The van der Waals surface area contributed by atoms with E-state index < -0.39 is 6.10 Å². The van der Waals surface area contributed by atoms with E-state index in [0.717, 1.165) is 31.6 Å². The van der Waals surface area contributed by atoms with Crippen LogP contribution in [-0.4, -0.2) is 40.9 Å². The average Bonchev–Trinajstić information content (AvgIpc) is 2.86. The third-order valence-corrected chi connectivity index (χ3v) is 3.96. The van der Waals surface area contributed by atoms with Gasteiger partial charge in [-0.05, 0) is 49.9 Å². The van der Waals surface area contributed by atoms with Crippen molar-refractivity contribution in [3.63, 3.8) is 0 Å². The van der Waals surface area contributed by atoms with Crippen LogP contribution in [-0.2, 0) is 0 Å². The van der Waals surface area contributed by atoms with Crippen LogP contribution in [0.25, 0.3) is 0 Å². The van der Waals surface area contributed by atoms with Gasteiger partial charge in [-0.3, -0.25) is 0 Å². The van der Waals surface area contributed by atoms with Crippen LogP contribution in [0.15, 0.2) is 24.3 Å². The molecule has 3 atom stereocenters. The molecular formula is C15H22FNO2. The van der Waals surface area contributed by atoms with Crippen molar-refractivity contribution < 1.29 is 14.6 Å². The quantitative estimate of drug-likeness (QED) is 0.857. The summed E-state index contributed by atoms with van der Waals surface area (Å²) in [6, 6.07) is 6.00. The van der Waals surface area contributed by atoms with Crippen molar-refractivity contribution in [3.05, 3.63) is 35.6 Å². The zero-order valence-corrected chi connectivity index (χ0v) is 11.3.